The minimum atomic E-state index is -0.797. The maximum absolute atomic E-state index is 10.5. The van der Waals surface area contributed by atoms with Crippen LogP contribution in [-0.4, -0.2) is 27.9 Å². The molecular formula is C22H23NO3S. The van der Waals surface area contributed by atoms with Crippen molar-refractivity contribution in [2.24, 2.45) is 0 Å². The summed E-state index contributed by atoms with van der Waals surface area (Å²) in [5.74, 6) is -0.0387. The summed E-state index contributed by atoms with van der Waals surface area (Å²) in [6.45, 7) is 4.73. The standard InChI is InChI=1S/C22H23NO3S/c1-15(2)27-21-6-3-5-20(23-21)18-9-8-17-14-19(11-10-16(17)13-18)26-12-4-7-22(24)25/h3,5-6,8-11,13-15H,4,7,12H2,1-2H3,(H,24,25). The fourth-order valence-electron chi connectivity index (χ4n) is 2.77. The molecule has 0 radical (unpaired) electrons. The fraction of sp³-hybridized carbons (Fsp3) is 0.273. The zero-order valence-corrected chi connectivity index (χ0v) is 16.3. The SMILES string of the molecule is CC(C)Sc1cccc(-c2ccc3cc(OCCCC(=O)O)ccc3c2)n1. The van der Waals surface area contributed by atoms with E-state index in [-0.39, 0.29) is 6.42 Å². The van der Waals surface area contributed by atoms with E-state index in [0.29, 0.717) is 18.3 Å². The first-order chi connectivity index (χ1) is 13.0. The average Bonchev–Trinajstić information content (AvgIpc) is 2.64. The topological polar surface area (TPSA) is 59.4 Å². The van der Waals surface area contributed by atoms with Gasteiger partial charge in [0.1, 0.15) is 5.75 Å². The van der Waals surface area contributed by atoms with Crippen molar-refractivity contribution in [2.75, 3.05) is 6.61 Å². The number of carboxylic acid groups (broad SMARTS) is 1. The summed E-state index contributed by atoms with van der Waals surface area (Å²) in [5, 5.41) is 12.4. The third kappa shape index (κ3) is 5.47. The molecule has 27 heavy (non-hydrogen) atoms. The van der Waals surface area contributed by atoms with Crippen molar-refractivity contribution in [3.05, 3.63) is 54.6 Å². The molecule has 0 amide bonds. The predicted molar refractivity (Wildman–Crippen MR) is 111 cm³/mol. The third-order valence-corrected chi connectivity index (χ3v) is 4.93. The van der Waals surface area contributed by atoms with Gasteiger partial charge in [-0.3, -0.25) is 4.79 Å². The molecule has 3 rings (SSSR count). The molecule has 0 unspecified atom stereocenters. The van der Waals surface area contributed by atoms with E-state index < -0.39 is 5.97 Å². The number of carbonyl (C=O) groups is 1. The number of carboxylic acids is 1. The molecule has 0 atom stereocenters. The molecule has 2 aromatic carbocycles. The molecule has 3 aromatic rings. The van der Waals surface area contributed by atoms with Gasteiger partial charge in [-0.2, -0.15) is 0 Å². The lowest BCUT2D eigenvalue weighted by Crippen LogP contribution is -2.01. The Kier molecular flexibility index (Phi) is 6.35. The molecule has 0 bridgehead atoms. The van der Waals surface area contributed by atoms with E-state index >= 15 is 0 Å². The highest BCUT2D eigenvalue weighted by Gasteiger charge is 2.06. The molecule has 1 N–H and O–H groups in total. The van der Waals surface area contributed by atoms with Crippen LogP contribution < -0.4 is 4.74 Å². The highest BCUT2D eigenvalue weighted by atomic mass is 32.2. The van der Waals surface area contributed by atoms with Crippen LogP contribution >= 0.6 is 11.8 Å². The van der Waals surface area contributed by atoms with Crippen molar-refractivity contribution in [3.8, 4) is 17.0 Å². The summed E-state index contributed by atoms with van der Waals surface area (Å²) >= 11 is 1.76. The number of rotatable bonds is 8. The molecule has 0 aliphatic carbocycles. The van der Waals surface area contributed by atoms with Crippen LogP contribution in [0, 0.1) is 0 Å². The molecule has 0 saturated carbocycles. The Bertz CT molecular complexity index is 940. The predicted octanol–water partition coefficient (Wildman–Crippen LogP) is 5.65. The second-order valence-electron chi connectivity index (χ2n) is 6.60. The first-order valence-corrected chi connectivity index (χ1v) is 9.92. The van der Waals surface area contributed by atoms with Crippen molar-refractivity contribution >= 4 is 28.5 Å². The van der Waals surface area contributed by atoms with Crippen molar-refractivity contribution in [3.63, 3.8) is 0 Å². The van der Waals surface area contributed by atoms with Gasteiger partial charge in [-0.15, -0.1) is 11.8 Å². The maximum Gasteiger partial charge on any atom is 0.303 e. The van der Waals surface area contributed by atoms with Gasteiger partial charge < -0.3 is 9.84 Å². The van der Waals surface area contributed by atoms with Gasteiger partial charge in [0.15, 0.2) is 0 Å². The normalized spacial score (nSPS) is 11.1. The van der Waals surface area contributed by atoms with Crippen LogP contribution in [0.4, 0.5) is 0 Å². The van der Waals surface area contributed by atoms with Gasteiger partial charge in [0.2, 0.25) is 0 Å². The highest BCUT2D eigenvalue weighted by molar-refractivity contribution is 7.99. The monoisotopic (exact) mass is 381 g/mol. The molecule has 0 aliphatic rings. The zero-order chi connectivity index (χ0) is 19.2. The number of nitrogens with zero attached hydrogens (tertiary/aromatic N) is 1. The Morgan fingerprint density at radius 1 is 1.11 bits per heavy atom. The average molecular weight is 381 g/mol. The van der Waals surface area contributed by atoms with Crippen molar-refractivity contribution in [1.29, 1.82) is 0 Å². The number of ether oxygens (including phenoxy) is 1. The Morgan fingerprint density at radius 2 is 1.89 bits per heavy atom. The summed E-state index contributed by atoms with van der Waals surface area (Å²) in [4.78, 5) is 15.3. The van der Waals surface area contributed by atoms with Gasteiger partial charge in [0.05, 0.1) is 17.3 Å². The maximum atomic E-state index is 10.5. The first-order valence-electron chi connectivity index (χ1n) is 9.04. The van der Waals surface area contributed by atoms with Gasteiger partial charge in [-0.1, -0.05) is 38.1 Å². The van der Waals surface area contributed by atoms with Gasteiger partial charge in [0.25, 0.3) is 0 Å². The lowest BCUT2D eigenvalue weighted by molar-refractivity contribution is -0.137. The second kappa shape index (κ2) is 8.91. The number of thioether (sulfide) groups is 1. The zero-order valence-electron chi connectivity index (χ0n) is 15.5. The van der Waals surface area contributed by atoms with E-state index in [1.165, 1.54) is 0 Å². The number of hydrogen-bond acceptors (Lipinski definition) is 4. The summed E-state index contributed by atoms with van der Waals surface area (Å²) in [5.41, 5.74) is 2.06. The molecule has 4 nitrogen and oxygen atoms in total. The molecule has 0 aliphatic heterocycles. The third-order valence-electron chi connectivity index (χ3n) is 3.99. The number of fused-ring (bicyclic) bond motifs is 1. The van der Waals surface area contributed by atoms with Gasteiger partial charge in [-0.05, 0) is 47.5 Å². The van der Waals surface area contributed by atoms with Crippen LogP contribution in [0.2, 0.25) is 0 Å². The molecule has 0 fully saturated rings. The Balaban J connectivity index is 1.76. The molecular weight excluding hydrogens is 358 g/mol. The number of aliphatic carboxylic acids is 1. The minimum Gasteiger partial charge on any atom is -0.494 e. The van der Waals surface area contributed by atoms with E-state index in [1.807, 2.05) is 36.4 Å². The van der Waals surface area contributed by atoms with E-state index in [4.69, 9.17) is 14.8 Å². The summed E-state index contributed by atoms with van der Waals surface area (Å²) in [6, 6.07) is 18.3. The largest absolute Gasteiger partial charge is 0.494 e. The molecule has 0 spiro atoms. The van der Waals surface area contributed by atoms with Crippen molar-refractivity contribution in [2.45, 2.75) is 37.0 Å². The Labute approximate surface area is 163 Å². The van der Waals surface area contributed by atoms with Crippen molar-refractivity contribution < 1.29 is 14.6 Å². The molecule has 1 heterocycles. The van der Waals surface area contributed by atoms with Crippen LogP contribution in [0.15, 0.2) is 59.6 Å². The lowest BCUT2D eigenvalue weighted by Gasteiger charge is -2.09. The van der Waals surface area contributed by atoms with Crippen LogP contribution in [0.5, 0.6) is 5.75 Å². The van der Waals surface area contributed by atoms with Crippen LogP contribution in [0.1, 0.15) is 26.7 Å². The van der Waals surface area contributed by atoms with Crippen LogP contribution in [-0.2, 0) is 4.79 Å². The number of benzene rings is 2. The Hall–Kier alpha value is -2.53. The van der Waals surface area contributed by atoms with E-state index in [2.05, 4.69) is 32.0 Å². The molecule has 140 valence electrons. The summed E-state index contributed by atoms with van der Waals surface area (Å²) in [6.07, 6.45) is 0.626. The second-order valence-corrected chi connectivity index (χ2v) is 8.19. The van der Waals surface area contributed by atoms with E-state index in [1.54, 1.807) is 11.8 Å². The molecule has 5 heteroatoms. The Morgan fingerprint density at radius 3 is 2.67 bits per heavy atom. The molecule has 1 aromatic heterocycles. The van der Waals surface area contributed by atoms with Crippen LogP contribution in [0.3, 0.4) is 0 Å². The van der Waals surface area contributed by atoms with Crippen LogP contribution in [0.25, 0.3) is 22.0 Å². The summed E-state index contributed by atoms with van der Waals surface area (Å²) < 4.78 is 5.65. The van der Waals surface area contributed by atoms with Crippen molar-refractivity contribution in [1.82, 2.24) is 4.98 Å². The number of hydrogen-bond donors (Lipinski definition) is 1. The van der Waals surface area contributed by atoms with E-state index in [9.17, 15) is 4.79 Å². The van der Waals surface area contributed by atoms with Gasteiger partial charge >= 0.3 is 5.97 Å². The fourth-order valence-corrected chi connectivity index (χ4v) is 3.56. The molecule has 0 saturated heterocycles. The summed E-state index contributed by atoms with van der Waals surface area (Å²) in [7, 11) is 0. The minimum absolute atomic E-state index is 0.123. The number of pyridine rings is 1. The number of aromatic nitrogens is 1. The quantitative estimate of drug-likeness (QED) is 0.404. The van der Waals surface area contributed by atoms with Gasteiger partial charge in [0, 0.05) is 17.2 Å². The van der Waals surface area contributed by atoms with E-state index in [0.717, 1.165) is 32.8 Å². The highest BCUT2D eigenvalue weighted by Crippen LogP contribution is 2.28. The first kappa shape index (κ1) is 19.2. The van der Waals surface area contributed by atoms with Gasteiger partial charge in [-0.25, -0.2) is 4.98 Å². The smallest absolute Gasteiger partial charge is 0.303 e. The lowest BCUT2D eigenvalue weighted by atomic mass is 10.0.